The van der Waals surface area contributed by atoms with Crippen molar-refractivity contribution in [3.05, 3.63) is 42.2 Å². The molecule has 0 bridgehead atoms. The molecule has 2 aromatic rings. The number of amides is 1. The summed E-state index contributed by atoms with van der Waals surface area (Å²) in [4.78, 5) is 12.5. The van der Waals surface area contributed by atoms with Crippen LogP contribution < -0.4 is 10.1 Å². The molecule has 1 N–H and O–H groups in total. The zero-order valence-electron chi connectivity index (χ0n) is 12.5. The maximum absolute atomic E-state index is 12.5. The molecule has 0 radical (unpaired) electrons. The van der Waals surface area contributed by atoms with Gasteiger partial charge < -0.3 is 14.8 Å². The summed E-state index contributed by atoms with van der Waals surface area (Å²) in [5.41, 5.74) is 0.511. The quantitative estimate of drug-likeness (QED) is 0.939. The molecule has 116 valence electrons. The highest BCUT2D eigenvalue weighted by Crippen LogP contribution is 2.25. The Hall–Kier alpha value is -2.34. The van der Waals surface area contributed by atoms with Gasteiger partial charge in [-0.1, -0.05) is 12.1 Å². The van der Waals surface area contributed by atoms with E-state index in [2.05, 4.69) is 10.4 Å². The molecule has 1 aromatic heterocycles. The third-order valence-corrected chi connectivity index (χ3v) is 3.54. The van der Waals surface area contributed by atoms with Gasteiger partial charge in [-0.05, 0) is 25.0 Å². The lowest BCUT2D eigenvalue weighted by molar-refractivity contribution is 0.0623. The van der Waals surface area contributed by atoms with E-state index in [1.54, 1.807) is 29.2 Å². The molecular weight excluding hydrogens is 282 g/mol. The lowest BCUT2D eigenvalue weighted by atomic mass is 10.1. The fraction of sp³-hybridized carbons (Fsp3) is 0.375. The van der Waals surface area contributed by atoms with Crippen molar-refractivity contribution in [2.45, 2.75) is 18.9 Å². The van der Waals surface area contributed by atoms with Gasteiger partial charge in [0.15, 0.2) is 5.75 Å². The molecule has 6 nitrogen and oxygen atoms in total. The van der Waals surface area contributed by atoms with Crippen LogP contribution >= 0.6 is 0 Å². The summed E-state index contributed by atoms with van der Waals surface area (Å²) < 4.78 is 12.8. The van der Waals surface area contributed by atoms with Crippen LogP contribution in [-0.4, -0.2) is 34.9 Å². The van der Waals surface area contributed by atoms with Gasteiger partial charge in [-0.25, -0.2) is 0 Å². The number of para-hydroxylation sites is 1. The normalized spacial score (nSPS) is 18.0. The second-order valence-electron chi connectivity index (χ2n) is 5.34. The first-order chi connectivity index (χ1) is 10.7. The molecule has 1 fully saturated rings. The highest BCUT2D eigenvalue weighted by molar-refractivity contribution is 5.97. The Labute approximate surface area is 129 Å². The number of benzene rings is 1. The van der Waals surface area contributed by atoms with Crippen LogP contribution in [0.1, 0.15) is 23.2 Å². The molecule has 3 rings (SSSR count). The first-order valence-corrected chi connectivity index (χ1v) is 7.36. The molecule has 1 aliphatic heterocycles. The number of aromatic nitrogens is 2. The van der Waals surface area contributed by atoms with Crippen molar-refractivity contribution in [3.8, 4) is 11.5 Å². The average molecular weight is 301 g/mol. The van der Waals surface area contributed by atoms with Crippen molar-refractivity contribution in [2.24, 2.45) is 7.05 Å². The van der Waals surface area contributed by atoms with Gasteiger partial charge >= 0.3 is 0 Å². The summed E-state index contributed by atoms with van der Waals surface area (Å²) in [5.74, 6) is 0.975. The second kappa shape index (κ2) is 6.62. The van der Waals surface area contributed by atoms with E-state index in [0.29, 0.717) is 23.7 Å². The zero-order chi connectivity index (χ0) is 15.4. The van der Waals surface area contributed by atoms with Gasteiger partial charge in [0.25, 0.3) is 5.91 Å². The minimum atomic E-state index is -0.144. The number of carbonyl (C=O) groups is 1. The van der Waals surface area contributed by atoms with Crippen molar-refractivity contribution < 1.29 is 14.3 Å². The fourth-order valence-electron chi connectivity index (χ4n) is 2.44. The Bertz CT molecular complexity index is 648. The van der Waals surface area contributed by atoms with E-state index in [0.717, 1.165) is 19.4 Å². The zero-order valence-corrected chi connectivity index (χ0v) is 12.5. The lowest BCUT2D eigenvalue weighted by Gasteiger charge is -2.23. The number of hydrogen-bond acceptors (Lipinski definition) is 4. The number of ether oxygens (including phenoxy) is 2. The second-order valence-corrected chi connectivity index (χ2v) is 5.34. The van der Waals surface area contributed by atoms with Crippen LogP contribution in [0, 0.1) is 0 Å². The maximum atomic E-state index is 12.5. The van der Waals surface area contributed by atoms with E-state index in [9.17, 15) is 4.79 Å². The Kier molecular flexibility index (Phi) is 4.39. The van der Waals surface area contributed by atoms with Gasteiger partial charge in [0, 0.05) is 13.7 Å². The Morgan fingerprint density at radius 3 is 3.05 bits per heavy atom. The van der Waals surface area contributed by atoms with Crippen LogP contribution in [0.5, 0.6) is 11.5 Å². The SMILES string of the molecule is Cn1cc(Oc2ccccc2C(=O)N[C@H]2CCCOC2)cn1. The summed E-state index contributed by atoms with van der Waals surface area (Å²) in [5, 5.41) is 7.06. The van der Waals surface area contributed by atoms with Gasteiger partial charge in [-0.3, -0.25) is 9.48 Å². The summed E-state index contributed by atoms with van der Waals surface area (Å²) in [6.07, 6.45) is 5.28. The summed E-state index contributed by atoms with van der Waals surface area (Å²) in [6, 6.07) is 7.26. The third-order valence-electron chi connectivity index (χ3n) is 3.54. The molecule has 0 unspecified atom stereocenters. The average Bonchev–Trinajstić information content (AvgIpc) is 2.94. The largest absolute Gasteiger partial charge is 0.453 e. The molecule has 1 aliphatic rings. The summed E-state index contributed by atoms with van der Waals surface area (Å²) in [7, 11) is 1.81. The first-order valence-electron chi connectivity index (χ1n) is 7.36. The molecule has 0 saturated carbocycles. The first kappa shape index (κ1) is 14.6. The monoisotopic (exact) mass is 301 g/mol. The van der Waals surface area contributed by atoms with E-state index < -0.39 is 0 Å². The van der Waals surface area contributed by atoms with Crippen LogP contribution in [0.3, 0.4) is 0 Å². The fourth-order valence-corrected chi connectivity index (χ4v) is 2.44. The van der Waals surface area contributed by atoms with E-state index >= 15 is 0 Å². The van der Waals surface area contributed by atoms with E-state index in [1.165, 1.54) is 0 Å². The molecule has 1 saturated heterocycles. The number of rotatable bonds is 4. The van der Waals surface area contributed by atoms with E-state index in [1.807, 2.05) is 19.2 Å². The standard InChI is InChI=1S/C16H19N3O3/c1-19-10-13(9-17-19)22-15-7-3-2-6-14(15)16(20)18-12-5-4-8-21-11-12/h2-3,6-7,9-10,12H,4-5,8,11H2,1H3,(H,18,20)/t12-/m0/s1. The van der Waals surface area contributed by atoms with Gasteiger partial charge in [0.1, 0.15) is 5.75 Å². The molecule has 0 aliphatic carbocycles. The van der Waals surface area contributed by atoms with Crippen molar-refractivity contribution in [2.75, 3.05) is 13.2 Å². The lowest BCUT2D eigenvalue weighted by Crippen LogP contribution is -2.40. The van der Waals surface area contributed by atoms with Gasteiger partial charge in [-0.2, -0.15) is 5.10 Å². The molecule has 2 heterocycles. The van der Waals surface area contributed by atoms with Crippen molar-refractivity contribution >= 4 is 5.91 Å². The number of nitrogens with one attached hydrogen (secondary N) is 1. The van der Waals surface area contributed by atoms with Crippen LogP contribution in [0.2, 0.25) is 0 Å². The van der Waals surface area contributed by atoms with Crippen molar-refractivity contribution in [1.29, 1.82) is 0 Å². The molecular formula is C16H19N3O3. The van der Waals surface area contributed by atoms with Crippen LogP contribution in [0.4, 0.5) is 0 Å². The Morgan fingerprint density at radius 1 is 1.45 bits per heavy atom. The number of hydrogen-bond donors (Lipinski definition) is 1. The van der Waals surface area contributed by atoms with E-state index in [4.69, 9.17) is 9.47 Å². The van der Waals surface area contributed by atoms with Crippen LogP contribution in [0.15, 0.2) is 36.7 Å². The topological polar surface area (TPSA) is 65.4 Å². The van der Waals surface area contributed by atoms with Gasteiger partial charge in [0.05, 0.1) is 30.6 Å². The summed E-state index contributed by atoms with van der Waals surface area (Å²) >= 11 is 0. The molecule has 1 atom stereocenters. The minimum Gasteiger partial charge on any atom is -0.453 e. The molecule has 1 amide bonds. The number of aryl methyl sites for hydroxylation is 1. The Balaban J connectivity index is 1.73. The van der Waals surface area contributed by atoms with Crippen molar-refractivity contribution in [3.63, 3.8) is 0 Å². The minimum absolute atomic E-state index is 0.0627. The number of carbonyl (C=O) groups excluding carboxylic acids is 1. The predicted octanol–water partition coefficient (Wildman–Crippen LogP) is 2.12. The third kappa shape index (κ3) is 3.46. The molecule has 6 heteroatoms. The van der Waals surface area contributed by atoms with Gasteiger partial charge in [0.2, 0.25) is 0 Å². The number of nitrogens with zero attached hydrogens (tertiary/aromatic N) is 2. The van der Waals surface area contributed by atoms with Crippen LogP contribution in [-0.2, 0) is 11.8 Å². The molecule has 22 heavy (non-hydrogen) atoms. The highest BCUT2D eigenvalue weighted by Gasteiger charge is 2.19. The smallest absolute Gasteiger partial charge is 0.255 e. The predicted molar refractivity (Wildman–Crippen MR) is 81.0 cm³/mol. The van der Waals surface area contributed by atoms with Gasteiger partial charge in [-0.15, -0.1) is 0 Å². The van der Waals surface area contributed by atoms with Crippen molar-refractivity contribution in [1.82, 2.24) is 15.1 Å². The Morgan fingerprint density at radius 2 is 2.32 bits per heavy atom. The molecule has 0 spiro atoms. The van der Waals surface area contributed by atoms with E-state index in [-0.39, 0.29) is 11.9 Å². The molecule has 1 aromatic carbocycles. The maximum Gasteiger partial charge on any atom is 0.255 e. The summed E-state index contributed by atoms with van der Waals surface area (Å²) in [6.45, 7) is 1.34. The highest BCUT2D eigenvalue weighted by atomic mass is 16.5. The van der Waals surface area contributed by atoms with Crippen LogP contribution in [0.25, 0.3) is 0 Å².